The molecule has 0 unspecified atom stereocenters. The second-order valence-electron chi connectivity index (χ2n) is 5.75. The lowest BCUT2D eigenvalue weighted by atomic mass is 9.87. The highest BCUT2D eigenvalue weighted by molar-refractivity contribution is 5.85. The number of aryl methyl sites for hydroxylation is 1. The van der Waals surface area contributed by atoms with Crippen molar-refractivity contribution >= 4 is 11.8 Å². The first kappa shape index (κ1) is 16.5. The predicted octanol–water partition coefficient (Wildman–Crippen LogP) is 1.25. The first-order valence-corrected chi connectivity index (χ1v) is 7.93. The van der Waals surface area contributed by atoms with Crippen LogP contribution < -0.4 is 10.6 Å². The van der Waals surface area contributed by atoms with Gasteiger partial charge in [0.1, 0.15) is 0 Å². The highest BCUT2D eigenvalue weighted by Gasteiger charge is 2.24. The summed E-state index contributed by atoms with van der Waals surface area (Å²) in [5.41, 5.74) is 2.71. The molecule has 22 heavy (non-hydrogen) atoms. The number of benzene rings is 1. The minimum atomic E-state index is -0.151. The Morgan fingerprint density at radius 1 is 1.23 bits per heavy atom. The summed E-state index contributed by atoms with van der Waals surface area (Å²) in [5, 5.41) is 5.33. The maximum Gasteiger partial charge on any atom is 0.239 e. The molecule has 5 heteroatoms. The third kappa shape index (κ3) is 4.31. The normalized spacial score (nSPS) is 17.0. The summed E-state index contributed by atoms with van der Waals surface area (Å²) in [4.78, 5) is 25.4. The number of hydrogen-bond donors (Lipinski definition) is 2. The van der Waals surface area contributed by atoms with Gasteiger partial charge in [-0.1, -0.05) is 24.3 Å². The summed E-state index contributed by atoms with van der Waals surface area (Å²) in [6, 6.07) is 8.73. The van der Waals surface area contributed by atoms with Crippen molar-refractivity contribution in [2.75, 3.05) is 26.7 Å². The van der Waals surface area contributed by atoms with Crippen molar-refractivity contribution < 1.29 is 9.59 Å². The first-order chi connectivity index (χ1) is 10.6. The van der Waals surface area contributed by atoms with Crippen molar-refractivity contribution in [3.8, 4) is 0 Å². The molecule has 1 aliphatic carbocycles. The quantitative estimate of drug-likeness (QED) is 0.831. The van der Waals surface area contributed by atoms with Gasteiger partial charge in [-0.05, 0) is 44.4 Å². The van der Waals surface area contributed by atoms with E-state index in [4.69, 9.17) is 0 Å². The summed E-state index contributed by atoms with van der Waals surface area (Å²) in [6.07, 6.45) is 3.33. The number of likely N-dealkylation sites (N-methyl/N-ethyl adjacent to an activating group) is 2. The SMILES string of the molecule is CCNC(=O)CNC(=O)CN(C)[C@@H]1CCCc2ccccc21. The van der Waals surface area contributed by atoms with E-state index in [1.54, 1.807) is 0 Å². The molecule has 0 radical (unpaired) electrons. The maximum atomic E-state index is 12.0. The summed E-state index contributed by atoms with van der Waals surface area (Å²) in [6.45, 7) is 2.78. The van der Waals surface area contributed by atoms with Crippen LogP contribution in [0.2, 0.25) is 0 Å². The molecule has 1 atom stereocenters. The Morgan fingerprint density at radius 2 is 2.00 bits per heavy atom. The number of hydrogen-bond acceptors (Lipinski definition) is 3. The van der Waals surface area contributed by atoms with Crippen molar-refractivity contribution in [2.24, 2.45) is 0 Å². The van der Waals surface area contributed by atoms with Crippen LogP contribution in [0.1, 0.15) is 36.9 Å². The zero-order valence-electron chi connectivity index (χ0n) is 13.4. The van der Waals surface area contributed by atoms with Crippen LogP contribution in [0.4, 0.5) is 0 Å². The average molecular weight is 303 g/mol. The van der Waals surface area contributed by atoms with Crippen molar-refractivity contribution in [1.29, 1.82) is 0 Å². The Balaban J connectivity index is 1.89. The van der Waals surface area contributed by atoms with Crippen LogP contribution in [-0.4, -0.2) is 43.4 Å². The monoisotopic (exact) mass is 303 g/mol. The van der Waals surface area contributed by atoms with Gasteiger partial charge in [0.25, 0.3) is 0 Å². The third-order valence-corrected chi connectivity index (χ3v) is 4.08. The second kappa shape index (κ2) is 7.94. The number of nitrogens with one attached hydrogen (secondary N) is 2. The molecule has 0 aromatic heterocycles. The van der Waals surface area contributed by atoms with E-state index in [0.717, 1.165) is 19.3 Å². The predicted molar refractivity (Wildman–Crippen MR) is 86.4 cm³/mol. The minimum absolute atomic E-state index is 0.0434. The van der Waals surface area contributed by atoms with Crippen LogP contribution in [0.15, 0.2) is 24.3 Å². The zero-order valence-corrected chi connectivity index (χ0v) is 13.4. The van der Waals surface area contributed by atoms with E-state index in [2.05, 4.69) is 39.8 Å². The minimum Gasteiger partial charge on any atom is -0.355 e. The number of carbonyl (C=O) groups is 2. The Kier molecular flexibility index (Phi) is 5.95. The molecule has 0 fully saturated rings. The molecule has 2 rings (SSSR count). The van der Waals surface area contributed by atoms with E-state index >= 15 is 0 Å². The molecule has 120 valence electrons. The molecule has 1 aromatic rings. The number of amides is 2. The van der Waals surface area contributed by atoms with Crippen molar-refractivity contribution in [1.82, 2.24) is 15.5 Å². The van der Waals surface area contributed by atoms with Crippen molar-refractivity contribution in [2.45, 2.75) is 32.2 Å². The van der Waals surface area contributed by atoms with Gasteiger partial charge in [0.15, 0.2) is 0 Å². The standard InChI is InChI=1S/C17H25N3O2/c1-3-18-16(21)11-19-17(22)12-20(2)15-10-6-8-13-7-4-5-9-14(13)15/h4-5,7,9,15H,3,6,8,10-12H2,1-2H3,(H,18,21)(H,19,22)/t15-/m1/s1. The Bertz CT molecular complexity index is 530. The Labute approximate surface area is 132 Å². The Hall–Kier alpha value is -1.88. The molecule has 0 bridgehead atoms. The molecular weight excluding hydrogens is 278 g/mol. The average Bonchev–Trinajstić information content (AvgIpc) is 2.52. The number of rotatable bonds is 6. The van der Waals surface area contributed by atoms with E-state index in [-0.39, 0.29) is 24.4 Å². The molecule has 2 amide bonds. The van der Waals surface area contributed by atoms with Gasteiger partial charge < -0.3 is 10.6 Å². The second-order valence-corrected chi connectivity index (χ2v) is 5.75. The topological polar surface area (TPSA) is 61.4 Å². The largest absolute Gasteiger partial charge is 0.355 e. The van der Waals surface area contributed by atoms with Gasteiger partial charge in [0, 0.05) is 12.6 Å². The first-order valence-electron chi connectivity index (χ1n) is 7.93. The van der Waals surface area contributed by atoms with Gasteiger partial charge in [-0.15, -0.1) is 0 Å². The lowest BCUT2D eigenvalue weighted by molar-refractivity contribution is -0.126. The molecule has 0 heterocycles. The van der Waals surface area contributed by atoms with Crippen LogP contribution in [0, 0.1) is 0 Å². The van der Waals surface area contributed by atoms with Gasteiger partial charge in [-0.25, -0.2) is 0 Å². The fourth-order valence-electron chi connectivity index (χ4n) is 3.02. The third-order valence-electron chi connectivity index (χ3n) is 4.08. The van der Waals surface area contributed by atoms with Gasteiger partial charge in [-0.2, -0.15) is 0 Å². The highest BCUT2D eigenvalue weighted by Crippen LogP contribution is 2.33. The van der Waals surface area contributed by atoms with Gasteiger partial charge in [0.05, 0.1) is 13.1 Å². The van der Waals surface area contributed by atoms with E-state index < -0.39 is 0 Å². The van der Waals surface area contributed by atoms with E-state index in [1.165, 1.54) is 11.1 Å². The van der Waals surface area contributed by atoms with Crippen LogP contribution >= 0.6 is 0 Å². The van der Waals surface area contributed by atoms with E-state index in [0.29, 0.717) is 13.1 Å². The van der Waals surface area contributed by atoms with Crippen LogP contribution in [0.25, 0.3) is 0 Å². The molecule has 5 nitrogen and oxygen atoms in total. The lowest BCUT2D eigenvalue weighted by Crippen LogP contribution is -2.42. The molecule has 1 aromatic carbocycles. The molecule has 0 saturated heterocycles. The van der Waals surface area contributed by atoms with Crippen LogP contribution in [-0.2, 0) is 16.0 Å². The highest BCUT2D eigenvalue weighted by atomic mass is 16.2. The van der Waals surface area contributed by atoms with E-state index in [1.807, 2.05) is 14.0 Å². The molecular formula is C17H25N3O2. The smallest absolute Gasteiger partial charge is 0.239 e. The van der Waals surface area contributed by atoms with Gasteiger partial charge in [-0.3, -0.25) is 14.5 Å². The van der Waals surface area contributed by atoms with Gasteiger partial charge >= 0.3 is 0 Å². The molecule has 0 aliphatic heterocycles. The molecule has 0 saturated carbocycles. The van der Waals surface area contributed by atoms with Gasteiger partial charge in [0.2, 0.25) is 11.8 Å². The summed E-state index contributed by atoms with van der Waals surface area (Å²) < 4.78 is 0. The summed E-state index contributed by atoms with van der Waals surface area (Å²) in [7, 11) is 1.97. The number of carbonyl (C=O) groups excluding carboxylic acids is 2. The molecule has 2 N–H and O–H groups in total. The Morgan fingerprint density at radius 3 is 2.77 bits per heavy atom. The lowest BCUT2D eigenvalue weighted by Gasteiger charge is -2.32. The van der Waals surface area contributed by atoms with Crippen molar-refractivity contribution in [3.63, 3.8) is 0 Å². The number of fused-ring (bicyclic) bond motifs is 1. The summed E-state index contributed by atoms with van der Waals surface area (Å²) >= 11 is 0. The maximum absolute atomic E-state index is 12.0. The number of nitrogens with zero attached hydrogens (tertiary/aromatic N) is 1. The fraction of sp³-hybridized carbons (Fsp3) is 0.529. The van der Waals surface area contributed by atoms with Crippen molar-refractivity contribution in [3.05, 3.63) is 35.4 Å². The molecule has 1 aliphatic rings. The summed E-state index contributed by atoms with van der Waals surface area (Å²) in [5.74, 6) is -0.265. The fourth-order valence-corrected chi connectivity index (χ4v) is 3.02. The van der Waals surface area contributed by atoms with E-state index in [9.17, 15) is 9.59 Å². The zero-order chi connectivity index (χ0) is 15.9. The van der Waals surface area contributed by atoms with Crippen LogP contribution in [0.3, 0.4) is 0 Å². The molecule has 0 spiro atoms. The van der Waals surface area contributed by atoms with Crippen LogP contribution in [0.5, 0.6) is 0 Å².